The maximum atomic E-state index is 12.0. The summed E-state index contributed by atoms with van der Waals surface area (Å²) in [5.41, 5.74) is 1.13. The number of hydrogen-bond donors (Lipinski definition) is 1. The molecule has 0 spiro atoms. The highest BCUT2D eigenvalue weighted by molar-refractivity contribution is 7.80. The average Bonchev–Trinajstić information content (AvgIpc) is 2.57. The van der Waals surface area contributed by atoms with Crippen LogP contribution in [0.4, 0.5) is 0 Å². The Morgan fingerprint density at radius 1 is 1.16 bits per heavy atom. The van der Waals surface area contributed by atoms with Crippen LogP contribution in [0.15, 0.2) is 30.3 Å². The fraction of sp³-hybridized carbons (Fsp3) is 0.600. The summed E-state index contributed by atoms with van der Waals surface area (Å²) in [6.45, 7) is 3.00. The molecular formula is C20H30N2O2S. The van der Waals surface area contributed by atoms with Crippen LogP contribution < -0.4 is 5.32 Å². The van der Waals surface area contributed by atoms with Crippen molar-refractivity contribution in [2.45, 2.75) is 64.5 Å². The lowest BCUT2D eigenvalue weighted by Crippen LogP contribution is -2.46. The number of ether oxygens (including phenoxy) is 1. The van der Waals surface area contributed by atoms with Gasteiger partial charge < -0.3 is 15.0 Å². The third kappa shape index (κ3) is 7.43. The molecular weight excluding hydrogens is 332 g/mol. The third-order valence-corrected chi connectivity index (χ3v) is 4.94. The maximum Gasteiger partial charge on any atom is 0.325 e. The van der Waals surface area contributed by atoms with Gasteiger partial charge in [0.15, 0.2) is 5.11 Å². The van der Waals surface area contributed by atoms with Crippen molar-refractivity contribution in [3.8, 4) is 0 Å². The Balaban J connectivity index is 1.98. The Morgan fingerprint density at radius 3 is 2.44 bits per heavy atom. The number of thiocarbonyl (C=S) groups is 1. The fourth-order valence-electron chi connectivity index (χ4n) is 3.23. The van der Waals surface area contributed by atoms with Gasteiger partial charge in [0.25, 0.3) is 0 Å². The van der Waals surface area contributed by atoms with E-state index in [0.29, 0.717) is 24.3 Å². The van der Waals surface area contributed by atoms with E-state index in [1.165, 1.54) is 32.1 Å². The number of esters is 1. The van der Waals surface area contributed by atoms with E-state index in [1.54, 1.807) is 0 Å². The monoisotopic (exact) mass is 362 g/mol. The van der Waals surface area contributed by atoms with Gasteiger partial charge in [-0.25, -0.2) is 0 Å². The van der Waals surface area contributed by atoms with E-state index in [1.807, 2.05) is 30.0 Å². The van der Waals surface area contributed by atoms with E-state index < -0.39 is 0 Å². The molecule has 1 aromatic carbocycles. The van der Waals surface area contributed by atoms with Gasteiger partial charge >= 0.3 is 5.97 Å². The molecule has 0 bridgehead atoms. The van der Waals surface area contributed by atoms with E-state index in [-0.39, 0.29) is 12.5 Å². The van der Waals surface area contributed by atoms with E-state index in [4.69, 9.17) is 17.0 Å². The third-order valence-electron chi connectivity index (χ3n) is 4.56. The van der Waals surface area contributed by atoms with Gasteiger partial charge in [0.05, 0.1) is 6.61 Å². The molecule has 138 valence electrons. The molecule has 1 aromatic rings. The predicted molar refractivity (Wildman–Crippen MR) is 105 cm³/mol. The summed E-state index contributed by atoms with van der Waals surface area (Å²) in [6.07, 6.45) is 8.76. The molecule has 1 fully saturated rings. The number of hydrogen-bond acceptors (Lipinski definition) is 3. The highest BCUT2D eigenvalue weighted by atomic mass is 32.1. The molecule has 1 aliphatic rings. The summed E-state index contributed by atoms with van der Waals surface area (Å²) in [5, 5.41) is 4.16. The number of benzene rings is 1. The lowest BCUT2D eigenvalue weighted by atomic mass is 9.97. The van der Waals surface area contributed by atoms with Crippen LogP contribution in [-0.2, 0) is 16.1 Å². The standard InChI is InChI=1S/C20H30N2O2S/c1-2-24-19(23)16-22(15-17-11-7-6-8-12-17)20(25)21-18-13-9-4-3-5-10-14-18/h6-8,11-12,18H,2-5,9-10,13-16H2,1H3,(H,21,25). The second-order valence-corrected chi connectivity index (χ2v) is 7.02. The van der Waals surface area contributed by atoms with Crippen molar-refractivity contribution in [3.63, 3.8) is 0 Å². The van der Waals surface area contributed by atoms with Gasteiger partial charge in [-0.05, 0) is 37.5 Å². The topological polar surface area (TPSA) is 41.6 Å². The Hall–Kier alpha value is -1.62. The second-order valence-electron chi connectivity index (χ2n) is 6.64. The number of rotatable bonds is 6. The molecule has 1 saturated carbocycles. The number of nitrogens with one attached hydrogen (secondary N) is 1. The molecule has 0 aromatic heterocycles. The smallest absolute Gasteiger partial charge is 0.325 e. The lowest BCUT2D eigenvalue weighted by molar-refractivity contribution is -0.143. The van der Waals surface area contributed by atoms with Gasteiger partial charge in [0, 0.05) is 12.6 Å². The minimum Gasteiger partial charge on any atom is -0.465 e. The summed E-state index contributed by atoms with van der Waals surface area (Å²) < 4.78 is 5.12. The molecule has 0 heterocycles. The Morgan fingerprint density at radius 2 is 1.80 bits per heavy atom. The van der Waals surface area contributed by atoms with Crippen molar-refractivity contribution in [1.29, 1.82) is 0 Å². The van der Waals surface area contributed by atoms with Crippen molar-refractivity contribution in [2.75, 3.05) is 13.2 Å². The summed E-state index contributed by atoms with van der Waals surface area (Å²) in [6, 6.07) is 10.5. The first-order chi connectivity index (χ1) is 12.2. The molecule has 1 aliphatic carbocycles. The zero-order valence-electron chi connectivity index (χ0n) is 15.2. The van der Waals surface area contributed by atoms with Crippen molar-refractivity contribution in [3.05, 3.63) is 35.9 Å². The summed E-state index contributed by atoms with van der Waals surface area (Å²) in [7, 11) is 0. The van der Waals surface area contributed by atoms with Gasteiger partial charge in [-0.3, -0.25) is 4.79 Å². The van der Waals surface area contributed by atoms with Gasteiger partial charge in [-0.2, -0.15) is 0 Å². The minimum atomic E-state index is -0.236. The second kappa shape index (κ2) is 11.1. The first-order valence-electron chi connectivity index (χ1n) is 9.44. The van der Waals surface area contributed by atoms with Crippen LogP contribution in [0, 0.1) is 0 Å². The largest absolute Gasteiger partial charge is 0.465 e. The van der Waals surface area contributed by atoms with Gasteiger partial charge in [0.1, 0.15) is 6.54 Å². The highest BCUT2D eigenvalue weighted by Gasteiger charge is 2.19. The summed E-state index contributed by atoms with van der Waals surface area (Å²) in [5.74, 6) is -0.236. The number of carbonyl (C=O) groups excluding carboxylic acids is 1. The molecule has 25 heavy (non-hydrogen) atoms. The zero-order valence-corrected chi connectivity index (χ0v) is 16.0. The summed E-state index contributed by atoms with van der Waals surface area (Å²) >= 11 is 5.64. The maximum absolute atomic E-state index is 12.0. The van der Waals surface area contributed by atoms with Crippen LogP contribution >= 0.6 is 12.2 Å². The predicted octanol–water partition coefficient (Wildman–Crippen LogP) is 4.04. The molecule has 0 amide bonds. The van der Waals surface area contributed by atoms with Crippen LogP contribution in [-0.4, -0.2) is 35.2 Å². The molecule has 0 aliphatic heterocycles. The normalized spacial score (nSPS) is 15.7. The van der Waals surface area contributed by atoms with E-state index in [0.717, 1.165) is 18.4 Å². The molecule has 0 radical (unpaired) electrons. The van der Waals surface area contributed by atoms with Crippen molar-refractivity contribution in [1.82, 2.24) is 10.2 Å². The average molecular weight is 363 g/mol. The Kier molecular flexibility index (Phi) is 8.73. The Bertz CT molecular complexity index is 528. The quantitative estimate of drug-likeness (QED) is 0.611. The van der Waals surface area contributed by atoms with Crippen LogP contribution in [0.3, 0.4) is 0 Å². The lowest BCUT2D eigenvalue weighted by Gasteiger charge is -2.29. The van der Waals surface area contributed by atoms with Crippen molar-refractivity contribution < 1.29 is 9.53 Å². The Labute approximate surface area is 156 Å². The molecule has 0 unspecified atom stereocenters. The van der Waals surface area contributed by atoms with Crippen LogP contribution in [0.1, 0.15) is 57.4 Å². The fourth-order valence-corrected chi connectivity index (χ4v) is 3.53. The van der Waals surface area contributed by atoms with Gasteiger partial charge in [-0.15, -0.1) is 0 Å². The number of nitrogens with zero attached hydrogens (tertiary/aromatic N) is 1. The van der Waals surface area contributed by atoms with Gasteiger partial charge in [0.2, 0.25) is 0 Å². The van der Waals surface area contributed by atoms with E-state index in [9.17, 15) is 4.79 Å². The molecule has 5 heteroatoms. The SMILES string of the molecule is CCOC(=O)CN(Cc1ccccc1)C(=S)NC1CCCCCCC1. The number of carbonyl (C=O) groups is 1. The van der Waals surface area contributed by atoms with Crippen LogP contribution in [0.2, 0.25) is 0 Å². The van der Waals surface area contributed by atoms with Crippen LogP contribution in [0.5, 0.6) is 0 Å². The van der Waals surface area contributed by atoms with Crippen LogP contribution in [0.25, 0.3) is 0 Å². The van der Waals surface area contributed by atoms with E-state index in [2.05, 4.69) is 17.4 Å². The first kappa shape index (κ1) is 19.7. The molecule has 0 saturated heterocycles. The van der Waals surface area contributed by atoms with Crippen molar-refractivity contribution >= 4 is 23.3 Å². The van der Waals surface area contributed by atoms with Crippen molar-refractivity contribution in [2.24, 2.45) is 0 Å². The molecule has 4 nitrogen and oxygen atoms in total. The molecule has 1 N–H and O–H groups in total. The summed E-state index contributed by atoms with van der Waals surface area (Å²) in [4.78, 5) is 13.9. The highest BCUT2D eigenvalue weighted by Crippen LogP contribution is 2.17. The molecule has 2 rings (SSSR count). The zero-order chi connectivity index (χ0) is 17.9. The first-order valence-corrected chi connectivity index (χ1v) is 9.85. The van der Waals surface area contributed by atoms with Gasteiger partial charge in [-0.1, -0.05) is 62.4 Å². The minimum absolute atomic E-state index is 0.182. The molecule has 0 atom stereocenters. The van der Waals surface area contributed by atoms with E-state index >= 15 is 0 Å².